The van der Waals surface area contributed by atoms with Crippen molar-refractivity contribution in [2.75, 3.05) is 0 Å². The van der Waals surface area contributed by atoms with Crippen molar-refractivity contribution in [3.8, 4) is 0 Å². The van der Waals surface area contributed by atoms with Gasteiger partial charge in [-0.05, 0) is 6.92 Å². The highest BCUT2D eigenvalue weighted by Gasteiger charge is 2.39. The Morgan fingerprint density at radius 2 is 1.38 bits per heavy atom. The van der Waals surface area contributed by atoms with E-state index in [0.29, 0.717) is 0 Å². The molecule has 0 saturated carbocycles. The summed E-state index contributed by atoms with van der Waals surface area (Å²) in [5.74, 6) is 0. The van der Waals surface area contributed by atoms with Gasteiger partial charge in [0.05, 0.1) is 0 Å². The second-order valence-electron chi connectivity index (χ2n) is 1.59. The molecule has 0 rings (SSSR count). The highest BCUT2D eigenvalue weighted by Crippen LogP contribution is 2.59. The summed E-state index contributed by atoms with van der Waals surface area (Å²) in [4.78, 5) is -2.48. The molecule has 52 valence electrons. The van der Waals surface area contributed by atoms with Crippen molar-refractivity contribution in [2.24, 2.45) is 11.5 Å². The number of nitrogens with two attached hydrogens (primary N) is 2. The Labute approximate surface area is 47.2 Å². The molecule has 4 N–H and O–H groups in total. The first-order valence-corrected chi connectivity index (χ1v) is 3.08. The van der Waals surface area contributed by atoms with Crippen molar-refractivity contribution in [1.29, 1.82) is 0 Å². The Bertz CT molecular complexity index is 70.3. The summed E-state index contributed by atoms with van der Waals surface area (Å²) in [6.07, 6.45) is 0. The average Bonchev–Trinajstić information content (AvgIpc) is 1.25. The van der Waals surface area contributed by atoms with Crippen LogP contribution in [-0.4, -0.2) is 4.99 Å². The largest absolute Gasteiger partial charge is 0.300 e. The quantitative estimate of drug-likeness (QED) is 0.546. The van der Waals surface area contributed by atoms with Gasteiger partial charge in [-0.3, -0.25) is 0 Å². The van der Waals surface area contributed by atoms with E-state index in [1.54, 1.807) is 0 Å². The average molecular weight is 148 g/mol. The van der Waals surface area contributed by atoms with E-state index in [-0.39, 0.29) is 0 Å². The lowest BCUT2D eigenvalue weighted by atomic mass is 10.6. The molecular weight excluding hydrogens is 141 g/mol. The van der Waals surface area contributed by atoms with Gasteiger partial charge >= 0.3 is 0 Å². The van der Waals surface area contributed by atoms with Gasteiger partial charge in [0.15, 0.2) is 4.99 Å². The van der Waals surface area contributed by atoms with Crippen LogP contribution in [0.2, 0.25) is 0 Å². The van der Waals surface area contributed by atoms with Gasteiger partial charge in [-0.2, -0.15) is 0 Å². The molecule has 0 amide bonds. The molecule has 0 aliphatic rings. The van der Waals surface area contributed by atoms with Gasteiger partial charge in [0.1, 0.15) is 0 Å². The summed E-state index contributed by atoms with van der Waals surface area (Å²) in [6, 6.07) is 0. The summed E-state index contributed by atoms with van der Waals surface area (Å²) in [7, 11) is 0. The van der Waals surface area contributed by atoms with Crippen LogP contribution in [0.4, 0.5) is 11.7 Å². The molecular formula is C2H7F3N2S. The molecule has 0 aromatic heterocycles. The maximum absolute atomic E-state index is 11.4. The third-order valence-corrected chi connectivity index (χ3v) is 1.50. The van der Waals surface area contributed by atoms with Gasteiger partial charge < -0.3 is 11.5 Å². The molecule has 0 aliphatic carbocycles. The Balaban J connectivity index is 4.02. The lowest BCUT2D eigenvalue weighted by Crippen LogP contribution is -2.46. The van der Waals surface area contributed by atoms with Crippen LogP contribution in [0.1, 0.15) is 6.92 Å². The van der Waals surface area contributed by atoms with Crippen molar-refractivity contribution in [3.05, 3.63) is 0 Å². The van der Waals surface area contributed by atoms with Crippen LogP contribution in [0.5, 0.6) is 0 Å². The highest BCUT2D eigenvalue weighted by molar-refractivity contribution is 8.21. The predicted octanol–water partition coefficient (Wildman–Crippen LogP) is 1.04. The van der Waals surface area contributed by atoms with Crippen molar-refractivity contribution < 1.29 is 11.7 Å². The molecule has 0 unspecified atom stereocenters. The SMILES string of the molecule is CC(N)(N)S(F)(F)F. The van der Waals surface area contributed by atoms with E-state index >= 15 is 0 Å². The van der Waals surface area contributed by atoms with Crippen LogP contribution in [0, 0.1) is 0 Å². The maximum Gasteiger partial charge on any atom is 0.240 e. The lowest BCUT2D eigenvalue weighted by molar-refractivity contribution is 0.532. The highest BCUT2D eigenvalue weighted by atomic mass is 32.3. The second kappa shape index (κ2) is 1.78. The van der Waals surface area contributed by atoms with Crippen molar-refractivity contribution in [2.45, 2.75) is 11.9 Å². The van der Waals surface area contributed by atoms with Crippen LogP contribution < -0.4 is 11.5 Å². The van der Waals surface area contributed by atoms with Crippen molar-refractivity contribution in [1.82, 2.24) is 0 Å². The van der Waals surface area contributed by atoms with Crippen molar-refractivity contribution >= 4 is 11.2 Å². The van der Waals surface area contributed by atoms with Crippen LogP contribution in [0.3, 0.4) is 0 Å². The number of hydrogen-bond acceptors (Lipinski definition) is 2. The first-order chi connectivity index (χ1) is 3.25. The summed E-state index contributed by atoms with van der Waals surface area (Å²) < 4.78 is 34.2. The third-order valence-electron chi connectivity index (χ3n) is 0.499. The van der Waals surface area contributed by atoms with Crippen LogP contribution in [-0.2, 0) is 0 Å². The van der Waals surface area contributed by atoms with E-state index in [1.165, 1.54) is 0 Å². The predicted molar refractivity (Wildman–Crippen MR) is 27.7 cm³/mol. The molecule has 6 heteroatoms. The Morgan fingerprint density at radius 3 is 1.38 bits per heavy atom. The van der Waals surface area contributed by atoms with Crippen LogP contribution >= 0.6 is 11.2 Å². The summed E-state index contributed by atoms with van der Waals surface area (Å²) in [5.41, 5.74) is 9.00. The Kier molecular flexibility index (Phi) is 1.80. The first-order valence-electron chi connectivity index (χ1n) is 1.74. The fraction of sp³-hybridized carbons (Fsp3) is 1.00. The third kappa shape index (κ3) is 1.89. The van der Waals surface area contributed by atoms with E-state index in [0.717, 1.165) is 6.92 Å². The zero-order chi connectivity index (χ0) is 7.00. The fourth-order valence-electron chi connectivity index (χ4n) is 0. The van der Waals surface area contributed by atoms with Gasteiger partial charge in [0.2, 0.25) is 11.2 Å². The van der Waals surface area contributed by atoms with Crippen LogP contribution in [0.15, 0.2) is 0 Å². The molecule has 0 radical (unpaired) electrons. The topological polar surface area (TPSA) is 52.0 Å². The zero-order valence-corrected chi connectivity index (χ0v) is 5.01. The molecule has 0 spiro atoms. The summed E-state index contributed by atoms with van der Waals surface area (Å²) >= 11 is -5.28. The number of hydrogen-bond donors (Lipinski definition) is 2. The van der Waals surface area contributed by atoms with Gasteiger partial charge in [-0.25, -0.2) is 0 Å². The minimum absolute atomic E-state index is 0.738. The Morgan fingerprint density at radius 1 is 1.25 bits per heavy atom. The first kappa shape index (κ1) is 8.06. The van der Waals surface area contributed by atoms with Gasteiger partial charge in [-0.15, -0.1) is 11.7 Å². The van der Waals surface area contributed by atoms with E-state index < -0.39 is 16.2 Å². The van der Waals surface area contributed by atoms with Gasteiger partial charge in [0, 0.05) is 0 Å². The smallest absolute Gasteiger partial charge is 0.240 e. The second-order valence-corrected chi connectivity index (χ2v) is 3.28. The standard InChI is InChI=1S/C2H7F3N2S/c1-2(6,7)8(3,4)5/h6-7H2,1H3. The molecule has 0 aliphatic heterocycles. The van der Waals surface area contributed by atoms with E-state index in [2.05, 4.69) is 11.5 Å². The zero-order valence-electron chi connectivity index (χ0n) is 4.20. The maximum atomic E-state index is 11.4. The van der Waals surface area contributed by atoms with Gasteiger partial charge in [-0.1, -0.05) is 0 Å². The molecule has 0 bridgehead atoms. The molecule has 2 nitrogen and oxygen atoms in total. The number of rotatable bonds is 1. The van der Waals surface area contributed by atoms with Crippen molar-refractivity contribution in [3.63, 3.8) is 0 Å². The number of halogens is 3. The monoisotopic (exact) mass is 148 g/mol. The summed E-state index contributed by atoms with van der Waals surface area (Å²) in [5, 5.41) is 0. The van der Waals surface area contributed by atoms with E-state index in [1.807, 2.05) is 0 Å². The van der Waals surface area contributed by atoms with Gasteiger partial charge in [0.25, 0.3) is 0 Å². The minimum Gasteiger partial charge on any atom is -0.300 e. The lowest BCUT2D eigenvalue weighted by Gasteiger charge is -2.24. The van der Waals surface area contributed by atoms with E-state index in [4.69, 9.17) is 0 Å². The Hall–Kier alpha value is 0.0600. The molecule has 0 aromatic carbocycles. The molecule has 0 heterocycles. The molecule has 0 saturated heterocycles. The fourth-order valence-corrected chi connectivity index (χ4v) is 0. The normalized spacial score (nSPS) is 16.2. The molecule has 0 aromatic rings. The summed E-state index contributed by atoms with van der Waals surface area (Å²) in [6.45, 7) is 0.738. The van der Waals surface area contributed by atoms with E-state index in [9.17, 15) is 11.7 Å². The molecule has 8 heavy (non-hydrogen) atoms. The minimum atomic E-state index is -5.28. The van der Waals surface area contributed by atoms with Crippen LogP contribution in [0.25, 0.3) is 0 Å². The molecule has 0 fully saturated rings. The molecule has 0 atom stereocenters.